The van der Waals surface area contributed by atoms with Crippen LogP contribution in [-0.2, 0) is 6.54 Å². The highest BCUT2D eigenvalue weighted by Crippen LogP contribution is 2.14. The molecule has 0 spiro atoms. The summed E-state index contributed by atoms with van der Waals surface area (Å²) in [7, 11) is 0. The molecular weight excluding hydrogens is 181 g/mol. The van der Waals surface area contributed by atoms with Crippen molar-refractivity contribution in [2.45, 2.75) is 20.4 Å². The fourth-order valence-corrected chi connectivity index (χ4v) is 1.17. The molecule has 0 amide bonds. The largest absolute Gasteiger partial charge is 0.368 e. The summed E-state index contributed by atoms with van der Waals surface area (Å²) in [6, 6.07) is 1.69. The summed E-state index contributed by atoms with van der Waals surface area (Å²) in [5.41, 5.74) is 0.651. The van der Waals surface area contributed by atoms with Gasteiger partial charge in [-0.2, -0.15) is 0 Å². The van der Waals surface area contributed by atoms with Gasteiger partial charge in [0.25, 0.3) is 0 Å². The highest BCUT2D eigenvalue weighted by molar-refractivity contribution is 5.39. The Bertz CT molecular complexity index is 289. The van der Waals surface area contributed by atoms with Gasteiger partial charge in [0, 0.05) is 24.8 Å². The van der Waals surface area contributed by atoms with Crippen LogP contribution in [0, 0.1) is 5.82 Å². The van der Waals surface area contributed by atoms with Crippen molar-refractivity contribution in [2.24, 2.45) is 0 Å². The fourth-order valence-electron chi connectivity index (χ4n) is 1.17. The molecule has 1 heterocycles. The Morgan fingerprint density at radius 1 is 1.36 bits per heavy atom. The summed E-state index contributed by atoms with van der Waals surface area (Å²) in [4.78, 5) is 3.92. The molecule has 0 bridgehead atoms. The summed E-state index contributed by atoms with van der Waals surface area (Å²) in [6.45, 7) is 5.96. The van der Waals surface area contributed by atoms with E-state index in [-0.39, 0.29) is 5.82 Å². The van der Waals surface area contributed by atoms with Gasteiger partial charge in [-0.3, -0.25) is 0 Å². The second-order valence-corrected chi connectivity index (χ2v) is 2.94. The monoisotopic (exact) mass is 197 g/mol. The van der Waals surface area contributed by atoms with Gasteiger partial charge in [-0.25, -0.2) is 9.37 Å². The van der Waals surface area contributed by atoms with Gasteiger partial charge in [0.05, 0.1) is 0 Å². The predicted molar refractivity (Wildman–Crippen MR) is 55.7 cm³/mol. The van der Waals surface area contributed by atoms with Crippen LogP contribution in [-0.4, -0.2) is 18.1 Å². The lowest BCUT2D eigenvalue weighted by Gasteiger charge is -2.08. The molecule has 0 atom stereocenters. The minimum Gasteiger partial charge on any atom is -0.368 e. The van der Waals surface area contributed by atoms with Crippen molar-refractivity contribution in [3.63, 3.8) is 0 Å². The van der Waals surface area contributed by atoms with Crippen LogP contribution in [0.1, 0.15) is 19.4 Å². The molecule has 0 radical (unpaired) electrons. The number of hydrogen-bond acceptors (Lipinski definition) is 3. The lowest BCUT2D eigenvalue weighted by molar-refractivity contribution is 0.591. The highest BCUT2D eigenvalue weighted by Gasteiger charge is 2.07. The van der Waals surface area contributed by atoms with Gasteiger partial charge in [-0.1, -0.05) is 6.92 Å². The average molecular weight is 197 g/mol. The topological polar surface area (TPSA) is 37.0 Å². The van der Waals surface area contributed by atoms with Gasteiger partial charge in [-0.05, 0) is 19.5 Å². The van der Waals surface area contributed by atoms with E-state index in [1.54, 1.807) is 12.3 Å². The highest BCUT2D eigenvalue weighted by atomic mass is 19.1. The number of pyridine rings is 1. The molecular formula is C10H16FN3. The minimum absolute atomic E-state index is 0.254. The second-order valence-electron chi connectivity index (χ2n) is 2.94. The smallest absolute Gasteiger partial charge is 0.169 e. The van der Waals surface area contributed by atoms with Crippen molar-refractivity contribution < 1.29 is 4.39 Å². The van der Waals surface area contributed by atoms with E-state index < -0.39 is 0 Å². The molecule has 78 valence electrons. The van der Waals surface area contributed by atoms with E-state index in [0.717, 1.165) is 6.54 Å². The first-order valence-corrected chi connectivity index (χ1v) is 4.87. The zero-order chi connectivity index (χ0) is 10.4. The Hall–Kier alpha value is -1.16. The number of anilines is 1. The Balaban J connectivity index is 2.78. The van der Waals surface area contributed by atoms with E-state index >= 15 is 0 Å². The van der Waals surface area contributed by atoms with Crippen LogP contribution in [0.3, 0.4) is 0 Å². The first-order valence-electron chi connectivity index (χ1n) is 4.87. The Morgan fingerprint density at radius 3 is 2.79 bits per heavy atom. The Morgan fingerprint density at radius 2 is 2.14 bits per heavy atom. The van der Waals surface area contributed by atoms with E-state index in [4.69, 9.17) is 0 Å². The van der Waals surface area contributed by atoms with Crippen LogP contribution < -0.4 is 10.6 Å². The summed E-state index contributed by atoms with van der Waals surface area (Å²) < 4.78 is 13.6. The van der Waals surface area contributed by atoms with Crippen LogP contribution >= 0.6 is 0 Å². The molecule has 3 nitrogen and oxygen atoms in total. The van der Waals surface area contributed by atoms with Gasteiger partial charge < -0.3 is 10.6 Å². The maximum absolute atomic E-state index is 13.6. The van der Waals surface area contributed by atoms with E-state index in [1.165, 1.54) is 0 Å². The van der Waals surface area contributed by atoms with Crippen molar-refractivity contribution in [3.05, 3.63) is 23.6 Å². The van der Waals surface area contributed by atoms with E-state index in [0.29, 0.717) is 24.5 Å². The molecule has 0 aromatic carbocycles. The van der Waals surface area contributed by atoms with Crippen LogP contribution in [0.15, 0.2) is 12.3 Å². The third-order valence-electron chi connectivity index (χ3n) is 1.88. The van der Waals surface area contributed by atoms with E-state index in [2.05, 4.69) is 15.6 Å². The van der Waals surface area contributed by atoms with Gasteiger partial charge in [0.15, 0.2) is 11.6 Å². The van der Waals surface area contributed by atoms with Crippen LogP contribution in [0.4, 0.5) is 10.2 Å². The van der Waals surface area contributed by atoms with Crippen molar-refractivity contribution in [1.29, 1.82) is 0 Å². The maximum Gasteiger partial charge on any atom is 0.169 e. The van der Waals surface area contributed by atoms with Gasteiger partial charge in [0.1, 0.15) is 0 Å². The SMILES string of the molecule is CCNCc1ccnc(NCC)c1F. The molecule has 1 aromatic rings. The number of rotatable bonds is 5. The standard InChI is InChI=1S/C10H16FN3/c1-3-12-7-8-5-6-14-10(9(8)11)13-4-2/h5-6,12H,3-4,7H2,1-2H3,(H,13,14). The first-order chi connectivity index (χ1) is 6.79. The molecule has 0 fully saturated rings. The van der Waals surface area contributed by atoms with Crippen LogP contribution in [0.2, 0.25) is 0 Å². The summed E-state index contributed by atoms with van der Waals surface area (Å²) in [6.07, 6.45) is 1.62. The summed E-state index contributed by atoms with van der Waals surface area (Å²) in [5, 5.41) is 5.96. The lowest BCUT2D eigenvalue weighted by Crippen LogP contribution is -2.14. The van der Waals surface area contributed by atoms with Gasteiger partial charge >= 0.3 is 0 Å². The second kappa shape index (κ2) is 5.54. The molecule has 0 aliphatic heterocycles. The normalized spacial score (nSPS) is 10.2. The summed E-state index contributed by atoms with van der Waals surface area (Å²) in [5.74, 6) is 0.0817. The Kier molecular flexibility index (Phi) is 4.32. The van der Waals surface area contributed by atoms with Gasteiger partial charge in [0.2, 0.25) is 0 Å². The van der Waals surface area contributed by atoms with E-state index in [9.17, 15) is 4.39 Å². The molecule has 0 aliphatic carbocycles. The minimum atomic E-state index is -0.254. The Labute approximate surface area is 83.7 Å². The number of nitrogens with one attached hydrogen (secondary N) is 2. The molecule has 0 unspecified atom stereocenters. The molecule has 14 heavy (non-hydrogen) atoms. The summed E-state index contributed by atoms with van der Waals surface area (Å²) >= 11 is 0. The quantitative estimate of drug-likeness (QED) is 0.755. The third kappa shape index (κ3) is 2.67. The molecule has 1 rings (SSSR count). The lowest BCUT2D eigenvalue weighted by atomic mass is 10.2. The van der Waals surface area contributed by atoms with Crippen molar-refractivity contribution in [1.82, 2.24) is 10.3 Å². The molecule has 0 aliphatic rings. The maximum atomic E-state index is 13.6. The average Bonchev–Trinajstić information content (AvgIpc) is 2.20. The fraction of sp³-hybridized carbons (Fsp3) is 0.500. The number of hydrogen-bond donors (Lipinski definition) is 2. The molecule has 2 N–H and O–H groups in total. The van der Waals surface area contributed by atoms with Crippen LogP contribution in [0.25, 0.3) is 0 Å². The molecule has 0 saturated carbocycles. The van der Waals surface area contributed by atoms with Crippen molar-refractivity contribution in [2.75, 3.05) is 18.4 Å². The van der Waals surface area contributed by atoms with Crippen molar-refractivity contribution >= 4 is 5.82 Å². The van der Waals surface area contributed by atoms with Crippen LogP contribution in [0.5, 0.6) is 0 Å². The number of halogens is 1. The van der Waals surface area contributed by atoms with Crippen molar-refractivity contribution in [3.8, 4) is 0 Å². The molecule has 1 aromatic heterocycles. The third-order valence-corrected chi connectivity index (χ3v) is 1.88. The molecule has 4 heteroatoms. The van der Waals surface area contributed by atoms with Gasteiger partial charge in [-0.15, -0.1) is 0 Å². The van der Waals surface area contributed by atoms with E-state index in [1.807, 2.05) is 13.8 Å². The number of aromatic nitrogens is 1. The first kappa shape index (κ1) is 10.9. The zero-order valence-electron chi connectivity index (χ0n) is 8.60. The zero-order valence-corrected chi connectivity index (χ0v) is 8.60. The predicted octanol–water partition coefficient (Wildman–Crippen LogP) is 1.76. The molecule has 0 saturated heterocycles. The number of nitrogens with zero attached hydrogens (tertiary/aromatic N) is 1.